The molecule has 1 amide bonds. The van der Waals surface area contributed by atoms with Gasteiger partial charge in [-0.05, 0) is 43.7 Å². The van der Waals surface area contributed by atoms with Gasteiger partial charge in [-0.15, -0.1) is 0 Å². The van der Waals surface area contributed by atoms with Gasteiger partial charge in [0.2, 0.25) is 0 Å². The molecule has 3 nitrogen and oxygen atoms in total. The minimum Gasteiger partial charge on any atom is -0.326 e. The van der Waals surface area contributed by atoms with E-state index in [0.717, 1.165) is 22.4 Å². The Morgan fingerprint density at radius 3 is 2.16 bits per heavy atom. The number of hydrogen-bond donors (Lipinski definition) is 2. The summed E-state index contributed by atoms with van der Waals surface area (Å²) in [7, 11) is 0. The summed E-state index contributed by atoms with van der Waals surface area (Å²) in [6, 6.07) is 13.4. The second-order valence-corrected chi connectivity index (χ2v) is 4.73. The molecule has 0 saturated carbocycles. The zero-order valence-corrected chi connectivity index (χ0v) is 11.2. The first kappa shape index (κ1) is 13.3. The highest BCUT2D eigenvalue weighted by Crippen LogP contribution is 2.13. The number of aryl methyl sites for hydroxylation is 2. The van der Waals surface area contributed by atoms with Crippen LogP contribution in [0.1, 0.15) is 27.0 Å². The lowest BCUT2D eigenvalue weighted by Crippen LogP contribution is -2.12. The van der Waals surface area contributed by atoms with Crippen molar-refractivity contribution < 1.29 is 4.79 Å². The van der Waals surface area contributed by atoms with Crippen molar-refractivity contribution in [2.24, 2.45) is 5.73 Å². The van der Waals surface area contributed by atoms with Crippen LogP contribution in [0.4, 0.5) is 5.69 Å². The predicted molar refractivity (Wildman–Crippen MR) is 78.2 cm³/mol. The van der Waals surface area contributed by atoms with Crippen molar-refractivity contribution in [3.63, 3.8) is 0 Å². The minimum atomic E-state index is -0.0905. The van der Waals surface area contributed by atoms with E-state index in [0.29, 0.717) is 12.1 Å². The molecule has 0 fully saturated rings. The Morgan fingerprint density at radius 1 is 1.05 bits per heavy atom. The fourth-order valence-electron chi connectivity index (χ4n) is 2.03. The molecule has 3 N–H and O–H groups in total. The standard InChI is InChI=1S/C16H18N2O/c1-11-7-12(2)9-14(8-11)16(19)18-15-5-3-13(10-17)4-6-15/h3-9H,10,17H2,1-2H3,(H,18,19). The lowest BCUT2D eigenvalue weighted by Gasteiger charge is -2.07. The van der Waals surface area contributed by atoms with Crippen molar-refractivity contribution in [2.45, 2.75) is 20.4 Å². The number of hydrogen-bond acceptors (Lipinski definition) is 2. The Labute approximate surface area is 113 Å². The van der Waals surface area contributed by atoms with E-state index in [1.165, 1.54) is 0 Å². The second-order valence-electron chi connectivity index (χ2n) is 4.73. The molecular formula is C16H18N2O. The molecule has 0 aromatic heterocycles. The maximum atomic E-state index is 12.1. The van der Waals surface area contributed by atoms with Gasteiger partial charge < -0.3 is 11.1 Å². The number of benzene rings is 2. The third-order valence-electron chi connectivity index (χ3n) is 2.93. The van der Waals surface area contributed by atoms with Gasteiger partial charge >= 0.3 is 0 Å². The molecule has 0 bridgehead atoms. The van der Waals surface area contributed by atoms with Gasteiger partial charge in [-0.25, -0.2) is 0 Å². The van der Waals surface area contributed by atoms with Crippen LogP contribution in [0.15, 0.2) is 42.5 Å². The molecular weight excluding hydrogens is 236 g/mol. The summed E-state index contributed by atoms with van der Waals surface area (Å²) < 4.78 is 0. The topological polar surface area (TPSA) is 55.1 Å². The SMILES string of the molecule is Cc1cc(C)cc(C(=O)Nc2ccc(CN)cc2)c1. The van der Waals surface area contributed by atoms with Gasteiger partial charge in [-0.3, -0.25) is 4.79 Å². The van der Waals surface area contributed by atoms with E-state index in [-0.39, 0.29) is 5.91 Å². The molecule has 0 saturated heterocycles. The monoisotopic (exact) mass is 254 g/mol. The van der Waals surface area contributed by atoms with E-state index in [2.05, 4.69) is 5.32 Å². The number of anilines is 1. The fourth-order valence-corrected chi connectivity index (χ4v) is 2.03. The Morgan fingerprint density at radius 2 is 1.63 bits per heavy atom. The van der Waals surface area contributed by atoms with Crippen LogP contribution in [-0.4, -0.2) is 5.91 Å². The van der Waals surface area contributed by atoms with Gasteiger partial charge in [0, 0.05) is 17.8 Å². The largest absolute Gasteiger partial charge is 0.326 e. The highest BCUT2D eigenvalue weighted by Gasteiger charge is 2.07. The maximum Gasteiger partial charge on any atom is 0.255 e. The van der Waals surface area contributed by atoms with E-state index in [9.17, 15) is 4.79 Å². The van der Waals surface area contributed by atoms with Crippen LogP contribution < -0.4 is 11.1 Å². The quantitative estimate of drug-likeness (QED) is 0.884. The lowest BCUT2D eigenvalue weighted by atomic mass is 10.1. The second kappa shape index (κ2) is 5.67. The average molecular weight is 254 g/mol. The van der Waals surface area contributed by atoms with Crippen LogP contribution in [0.25, 0.3) is 0 Å². The Balaban J connectivity index is 2.15. The van der Waals surface area contributed by atoms with E-state index in [4.69, 9.17) is 5.73 Å². The van der Waals surface area contributed by atoms with Crippen LogP contribution in [0.3, 0.4) is 0 Å². The molecule has 2 aromatic carbocycles. The normalized spacial score (nSPS) is 10.3. The maximum absolute atomic E-state index is 12.1. The summed E-state index contributed by atoms with van der Waals surface area (Å²) in [5.41, 5.74) is 10.2. The molecule has 0 unspecified atom stereocenters. The van der Waals surface area contributed by atoms with Crippen molar-refractivity contribution in [3.8, 4) is 0 Å². The molecule has 0 aliphatic heterocycles. The Bertz CT molecular complexity index is 568. The molecule has 2 rings (SSSR count). The highest BCUT2D eigenvalue weighted by atomic mass is 16.1. The van der Waals surface area contributed by atoms with Gasteiger partial charge in [-0.2, -0.15) is 0 Å². The van der Waals surface area contributed by atoms with Crippen LogP contribution >= 0.6 is 0 Å². The summed E-state index contributed by atoms with van der Waals surface area (Å²) in [6.07, 6.45) is 0. The molecule has 98 valence electrons. The Hall–Kier alpha value is -2.13. The van der Waals surface area contributed by atoms with Crippen LogP contribution in [0, 0.1) is 13.8 Å². The first-order valence-electron chi connectivity index (χ1n) is 6.27. The number of carbonyl (C=O) groups excluding carboxylic acids is 1. The third-order valence-corrected chi connectivity index (χ3v) is 2.93. The molecule has 2 aromatic rings. The van der Waals surface area contributed by atoms with Crippen molar-refractivity contribution >= 4 is 11.6 Å². The van der Waals surface area contributed by atoms with Gasteiger partial charge in [-0.1, -0.05) is 29.3 Å². The number of nitrogens with two attached hydrogens (primary N) is 1. The van der Waals surface area contributed by atoms with Crippen LogP contribution in [0.2, 0.25) is 0 Å². The van der Waals surface area contributed by atoms with Gasteiger partial charge in [0.15, 0.2) is 0 Å². The van der Waals surface area contributed by atoms with Gasteiger partial charge in [0.25, 0.3) is 5.91 Å². The molecule has 0 radical (unpaired) electrons. The molecule has 0 heterocycles. The number of rotatable bonds is 3. The first-order chi connectivity index (χ1) is 9.08. The van der Waals surface area contributed by atoms with Crippen LogP contribution in [-0.2, 0) is 6.54 Å². The molecule has 0 aliphatic rings. The summed E-state index contributed by atoms with van der Waals surface area (Å²) >= 11 is 0. The molecule has 0 spiro atoms. The highest BCUT2D eigenvalue weighted by molar-refractivity contribution is 6.04. The smallest absolute Gasteiger partial charge is 0.255 e. The van der Waals surface area contributed by atoms with Crippen LogP contribution in [0.5, 0.6) is 0 Å². The van der Waals surface area contributed by atoms with Crippen molar-refractivity contribution in [2.75, 3.05) is 5.32 Å². The minimum absolute atomic E-state index is 0.0905. The van der Waals surface area contributed by atoms with E-state index in [1.54, 1.807) is 0 Å². The fraction of sp³-hybridized carbons (Fsp3) is 0.188. The lowest BCUT2D eigenvalue weighted by molar-refractivity contribution is 0.102. The van der Waals surface area contributed by atoms with E-state index in [1.807, 2.05) is 56.3 Å². The number of nitrogens with one attached hydrogen (secondary N) is 1. The van der Waals surface area contributed by atoms with Crippen molar-refractivity contribution in [3.05, 3.63) is 64.7 Å². The third kappa shape index (κ3) is 3.42. The van der Waals surface area contributed by atoms with E-state index >= 15 is 0 Å². The molecule has 19 heavy (non-hydrogen) atoms. The summed E-state index contributed by atoms with van der Waals surface area (Å²) in [5.74, 6) is -0.0905. The Kier molecular flexibility index (Phi) is 3.97. The van der Waals surface area contributed by atoms with Crippen molar-refractivity contribution in [1.82, 2.24) is 0 Å². The summed E-state index contributed by atoms with van der Waals surface area (Å²) in [6.45, 7) is 4.48. The number of carbonyl (C=O) groups is 1. The zero-order valence-electron chi connectivity index (χ0n) is 11.2. The molecule has 3 heteroatoms. The summed E-state index contributed by atoms with van der Waals surface area (Å²) in [4.78, 5) is 12.1. The predicted octanol–water partition coefficient (Wildman–Crippen LogP) is 3.01. The first-order valence-corrected chi connectivity index (χ1v) is 6.27. The zero-order chi connectivity index (χ0) is 13.8. The van der Waals surface area contributed by atoms with Gasteiger partial charge in [0.05, 0.1) is 0 Å². The number of amides is 1. The molecule has 0 aliphatic carbocycles. The van der Waals surface area contributed by atoms with Gasteiger partial charge in [0.1, 0.15) is 0 Å². The van der Waals surface area contributed by atoms with Crippen molar-refractivity contribution in [1.29, 1.82) is 0 Å². The molecule has 0 atom stereocenters. The van der Waals surface area contributed by atoms with E-state index < -0.39 is 0 Å². The average Bonchev–Trinajstić information content (AvgIpc) is 2.38. The summed E-state index contributed by atoms with van der Waals surface area (Å²) in [5, 5.41) is 2.88.